The lowest BCUT2D eigenvalue weighted by Gasteiger charge is -2.13. The molecule has 0 saturated carbocycles. The van der Waals surface area contributed by atoms with Gasteiger partial charge in [-0.2, -0.15) is 0 Å². The second kappa shape index (κ2) is 7.62. The number of rotatable bonds is 6. The maximum atomic E-state index is 12.3. The maximum Gasteiger partial charge on any atom is 0.347 e. The SMILES string of the molecule is COc1ccc(OC(=O)c2cc(CO)c(CO)cc2OC)cc1. The van der Waals surface area contributed by atoms with Gasteiger partial charge in [-0.25, -0.2) is 4.79 Å². The molecular weight excluding hydrogens is 300 g/mol. The predicted octanol–water partition coefficient (Wildman–Crippen LogP) is 1.91. The number of hydrogen-bond acceptors (Lipinski definition) is 6. The van der Waals surface area contributed by atoms with Crippen molar-refractivity contribution in [2.24, 2.45) is 0 Å². The molecule has 23 heavy (non-hydrogen) atoms. The Morgan fingerprint density at radius 1 is 0.913 bits per heavy atom. The first kappa shape index (κ1) is 16.8. The Morgan fingerprint density at radius 3 is 2.00 bits per heavy atom. The van der Waals surface area contributed by atoms with E-state index in [1.54, 1.807) is 31.4 Å². The topological polar surface area (TPSA) is 85.2 Å². The fraction of sp³-hybridized carbons (Fsp3) is 0.235. The third kappa shape index (κ3) is 3.80. The third-order valence-corrected chi connectivity index (χ3v) is 3.35. The average molecular weight is 318 g/mol. The van der Waals surface area contributed by atoms with Crippen LogP contribution < -0.4 is 14.2 Å². The molecule has 6 heteroatoms. The summed E-state index contributed by atoms with van der Waals surface area (Å²) >= 11 is 0. The Hall–Kier alpha value is -2.57. The number of aliphatic hydroxyl groups excluding tert-OH is 2. The molecule has 2 rings (SSSR count). The van der Waals surface area contributed by atoms with Gasteiger partial charge >= 0.3 is 5.97 Å². The van der Waals surface area contributed by atoms with E-state index in [0.29, 0.717) is 22.6 Å². The maximum absolute atomic E-state index is 12.3. The van der Waals surface area contributed by atoms with Crippen LogP contribution in [-0.4, -0.2) is 30.4 Å². The Labute approximate surface area is 133 Å². The summed E-state index contributed by atoms with van der Waals surface area (Å²) in [6, 6.07) is 9.53. The minimum atomic E-state index is -0.619. The number of carbonyl (C=O) groups excluding carboxylic acids is 1. The minimum absolute atomic E-state index is 0.171. The van der Waals surface area contributed by atoms with Crippen LogP contribution in [0.4, 0.5) is 0 Å². The molecule has 0 fully saturated rings. The van der Waals surface area contributed by atoms with Crippen LogP contribution in [0.3, 0.4) is 0 Å². The zero-order valence-electron chi connectivity index (χ0n) is 12.9. The van der Waals surface area contributed by atoms with Gasteiger partial charge in [-0.1, -0.05) is 0 Å². The highest BCUT2D eigenvalue weighted by molar-refractivity contribution is 5.94. The molecule has 0 amide bonds. The molecule has 0 aliphatic rings. The first-order valence-corrected chi connectivity index (χ1v) is 6.90. The summed E-state index contributed by atoms with van der Waals surface area (Å²) in [5, 5.41) is 18.6. The van der Waals surface area contributed by atoms with Crippen LogP contribution in [0.15, 0.2) is 36.4 Å². The van der Waals surface area contributed by atoms with Gasteiger partial charge in [0.1, 0.15) is 22.8 Å². The van der Waals surface area contributed by atoms with E-state index >= 15 is 0 Å². The largest absolute Gasteiger partial charge is 0.497 e. The summed E-state index contributed by atoms with van der Waals surface area (Å²) in [4.78, 5) is 12.3. The summed E-state index contributed by atoms with van der Waals surface area (Å²) in [5.74, 6) is 0.655. The van der Waals surface area contributed by atoms with Crippen LogP contribution in [0.5, 0.6) is 17.2 Å². The molecule has 0 atom stereocenters. The lowest BCUT2D eigenvalue weighted by Crippen LogP contribution is -2.12. The summed E-state index contributed by atoms with van der Waals surface area (Å²) in [6.07, 6.45) is 0. The van der Waals surface area contributed by atoms with Crippen molar-refractivity contribution in [3.05, 3.63) is 53.1 Å². The zero-order chi connectivity index (χ0) is 16.8. The highest BCUT2D eigenvalue weighted by Crippen LogP contribution is 2.26. The van der Waals surface area contributed by atoms with Crippen molar-refractivity contribution in [3.8, 4) is 17.2 Å². The molecule has 122 valence electrons. The van der Waals surface area contributed by atoms with Crippen LogP contribution in [0.2, 0.25) is 0 Å². The van der Waals surface area contributed by atoms with Crippen LogP contribution >= 0.6 is 0 Å². The summed E-state index contributed by atoms with van der Waals surface area (Å²) in [7, 11) is 2.96. The summed E-state index contributed by atoms with van der Waals surface area (Å²) in [6.45, 7) is -0.567. The number of ether oxygens (including phenoxy) is 3. The Balaban J connectivity index is 2.29. The molecule has 0 aliphatic carbocycles. The van der Waals surface area contributed by atoms with Gasteiger partial charge in [0.15, 0.2) is 0 Å². The molecule has 0 saturated heterocycles. The molecule has 0 unspecified atom stereocenters. The van der Waals surface area contributed by atoms with E-state index in [2.05, 4.69) is 0 Å². The standard InChI is InChI=1S/C17H18O6/c1-21-13-3-5-14(6-4-13)23-17(20)15-7-11(9-18)12(10-19)8-16(15)22-2/h3-8,18-19H,9-10H2,1-2H3. The second-order valence-electron chi connectivity index (χ2n) is 4.70. The number of benzene rings is 2. The van der Waals surface area contributed by atoms with E-state index in [1.165, 1.54) is 19.2 Å². The van der Waals surface area contributed by atoms with Gasteiger partial charge in [-0.15, -0.1) is 0 Å². The van der Waals surface area contributed by atoms with Crippen LogP contribution in [0.1, 0.15) is 21.5 Å². The first-order chi connectivity index (χ1) is 11.1. The van der Waals surface area contributed by atoms with Crippen molar-refractivity contribution in [2.45, 2.75) is 13.2 Å². The summed E-state index contributed by atoms with van der Waals surface area (Å²) in [5.41, 5.74) is 1.10. The van der Waals surface area contributed by atoms with Crippen LogP contribution in [0, 0.1) is 0 Å². The van der Waals surface area contributed by atoms with Crippen molar-refractivity contribution < 1.29 is 29.2 Å². The molecule has 2 aromatic rings. The average Bonchev–Trinajstić information content (AvgIpc) is 2.60. The summed E-state index contributed by atoms with van der Waals surface area (Å²) < 4.78 is 15.5. The van der Waals surface area contributed by atoms with Crippen molar-refractivity contribution in [3.63, 3.8) is 0 Å². The molecule has 0 heterocycles. The Kier molecular flexibility index (Phi) is 5.56. The molecule has 0 bridgehead atoms. The van der Waals surface area contributed by atoms with Crippen molar-refractivity contribution in [2.75, 3.05) is 14.2 Å². The number of esters is 1. The molecule has 6 nitrogen and oxygen atoms in total. The van der Waals surface area contributed by atoms with Crippen LogP contribution in [0.25, 0.3) is 0 Å². The minimum Gasteiger partial charge on any atom is -0.497 e. The van der Waals surface area contributed by atoms with Gasteiger partial charge in [-0.05, 0) is 47.5 Å². The molecule has 0 aliphatic heterocycles. The monoisotopic (exact) mass is 318 g/mol. The second-order valence-corrected chi connectivity index (χ2v) is 4.70. The number of hydrogen-bond donors (Lipinski definition) is 2. The van der Waals surface area contributed by atoms with Gasteiger partial charge < -0.3 is 24.4 Å². The predicted molar refractivity (Wildman–Crippen MR) is 82.8 cm³/mol. The van der Waals surface area contributed by atoms with E-state index in [9.17, 15) is 15.0 Å². The fourth-order valence-electron chi connectivity index (χ4n) is 2.10. The van der Waals surface area contributed by atoms with E-state index in [1.807, 2.05) is 0 Å². The van der Waals surface area contributed by atoms with E-state index < -0.39 is 5.97 Å². The molecular formula is C17H18O6. The van der Waals surface area contributed by atoms with Crippen LogP contribution in [-0.2, 0) is 13.2 Å². The van der Waals surface area contributed by atoms with Gasteiger partial charge in [0, 0.05) is 0 Å². The lowest BCUT2D eigenvalue weighted by molar-refractivity contribution is 0.0730. The van der Waals surface area contributed by atoms with Gasteiger partial charge in [0.2, 0.25) is 0 Å². The molecule has 2 N–H and O–H groups in total. The van der Waals surface area contributed by atoms with Gasteiger partial charge in [0.05, 0.1) is 27.4 Å². The van der Waals surface area contributed by atoms with E-state index in [0.717, 1.165) is 0 Å². The van der Waals surface area contributed by atoms with Crippen molar-refractivity contribution in [1.82, 2.24) is 0 Å². The third-order valence-electron chi connectivity index (χ3n) is 3.35. The highest BCUT2D eigenvalue weighted by Gasteiger charge is 2.18. The Morgan fingerprint density at radius 2 is 1.48 bits per heavy atom. The lowest BCUT2D eigenvalue weighted by atomic mass is 10.0. The zero-order valence-corrected chi connectivity index (χ0v) is 12.9. The molecule has 0 spiro atoms. The molecule has 2 aromatic carbocycles. The van der Waals surface area contributed by atoms with E-state index in [4.69, 9.17) is 14.2 Å². The van der Waals surface area contributed by atoms with Gasteiger partial charge in [0.25, 0.3) is 0 Å². The number of methoxy groups -OCH3 is 2. The smallest absolute Gasteiger partial charge is 0.347 e. The number of carbonyl (C=O) groups is 1. The van der Waals surface area contributed by atoms with Crippen molar-refractivity contribution in [1.29, 1.82) is 0 Å². The normalized spacial score (nSPS) is 10.3. The van der Waals surface area contributed by atoms with E-state index in [-0.39, 0.29) is 24.5 Å². The quantitative estimate of drug-likeness (QED) is 0.625. The van der Waals surface area contributed by atoms with Crippen molar-refractivity contribution >= 4 is 5.97 Å². The highest BCUT2D eigenvalue weighted by atomic mass is 16.5. The molecule has 0 aromatic heterocycles. The Bertz CT molecular complexity index is 678. The molecule has 0 radical (unpaired) electrons. The first-order valence-electron chi connectivity index (χ1n) is 6.90. The fourth-order valence-corrected chi connectivity index (χ4v) is 2.10. The number of aliphatic hydroxyl groups is 2. The van der Waals surface area contributed by atoms with Gasteiger partial charge in [-0.3, -0.25) is 0 Å².